The zero-order chi connectivity index (χ0) is 18.3. The van der Waals surface area contributed by atoms with Crippen molar-refractivity contribution in [2.75, 3.05) is 18.8 Å². The van der Waals surface area contributed by atoms with Crippen LogP contribution in [0.25, 0.3) is 0 Å². The highest BCUT2D eigenvalue weighted by Gasteiger charge is 2.51. The minimum atomic E-state index is -0.866. The van der Waals surface area contributed by atoms with E-state index in [-0.39, 0.29) is 12.7 Å². The van der Waals surface area contributed by atoms with E-state index < -0.39 is 18.1 Å². The quantitative estimate of drug-likeness (QED) is 0.619. The van der Waals surface area contributed by atoms with Gasteiger partial charge in [-0.25, -0.2) is 0 Å². The van der Waals surface area contributed by atoms with E-state index in [1.165, 1.54) is 6.92 Å². The highest BCUT2D eigenvalue weighted by Crippen LogP contribution is 2.44. The van der Waals surface area contributed by atoms with Crippen LogP contribution in [0.1, 0.15) is 18.5 Å². The molecule has 0 N–H and O–H groups in total. The maximum atomic E-state index is 12.6. The summed E-state index contributed by atoms with van der Waals surface area (Å²) in [4.78, 5) is 25.7. The fourth-order valence-corrected chi connectivity index (χ4v) is 3.21. The van der Waals surface area contributed by atoms with Gasteiger partial charge in [-0.05, 0) is 42.0 Å². The number of methoxy groups -OCH3 is 1. The van der Waals surface area contributed by atoms with Crippen molar-refractivity contribution in [3.8, 4) is 17.2 Å². The standard InChI is InChI=1S/C19H17NO6/c1-11(21)26-18-17(12-3-8-15-16(9-12)25-10-24-15)20(19(18)22)13-4-6-14(23-2)7-5-13/h3-9,17-18H,10H2,1-2H3/t17-,18+/m1/s1. The number of hydrogen-bond acceptors (Lipinski definition) is 6. The van der Waals surface area contributed by atoms with Crippen molar-refractivity contribution in [3.05, 3.63) is 48.0 Å². The molecule has 4 rings (SSSR count). The van der Waals surface area contributed by atoms with Crippen LogP contribution >= 0.6 is 0 Å². The second-order valence-corrected chi connectivity index (χ2v) is 5.99. The molecular formula is C19H17NO6. The molecule has 2 aromatic carbocycles. The molecule has 7 nitrogen and oxygen atoms in total. The lowest BCUT2D eigenvalue weighted by molar-refractivity contribution is -0.160. The van der Waals surface area contributed by atoms with Gasteiger partial charge in [0.05, 0.1) is 7.11 Å². The minimum Gasteiger partial charge on any atom is -0.497 e. The van der Waals surface area contributed by atoms with Crippen LogP contribution in [0.15, 0.2) is 42.5 Å². The number of anilines is 1. The van der Waals surface area contributed by atoms with Gasteiger partial charge < -0.3 is 18.9 Å². The van der Waals surface area contributed by atoms with Gasteiger partial charge >= 0.3 is 5.97 Å². The highest BCUT2D eigenvalue weighted by atomic mass is 16.7. The number of carbonyl (C=O) groups excluding carboxylic acids is 2. The molecule has 26 heavy (non-hydrogen) atoms. The number of ether oxygens (including phenoxy) is 4. The highest BCUT2D eigenvalue weighted by molar-refractivity contribution is 6.06. The van der Waals surface area contributed by atoms with E-state index in [1.54, 1.807) is 42.3 Å². The second kappa shape index (κ2) is 6.25. The van der Waals surface area contributed by atoms with E-state index in [4.69, 9.17) is 18.9 Å². The summed E-state index contributed by atoms with van der Waals surface area (Å²) in [5, 5.41) is 0. The molecular weight excluding hydrogens is 338 g/mol. The lowest BCUT2D eigenvalue weighted by atomic mass is 9.89. The van der Waals surface area contributed by atoms with Gasteiger partial charge in [0.2, 0.25) is 12.9 Å². The molecule has 0 unspecified atom stereocenters. The van der Waals surface area contributed by atoms with Crippen molar-refractivity contribution in [2.24, 2.45) is 0 Å². The Kier molecular flexibility index (Phi) is 3.91. The van der Waals surface area contributed by atoms with Gasteiger partial charge in [0, 0.05) is 12.6 Å². The maximum absolute atomic E-state index is 12.6. The number of rotatable bonds is 4. The average molecular weight is 355 g/mol. The maximum Gasteiger partial charge on any atom is 0.303 e. The first-order valence-corrected chi connectivity index (χ1v) is 8.12. The Morgan fingerprint density at radius 3 is 2.54 bits per heavy atom. The van der Waals surface area contributed by atoms with Gasteiger partial charge in [-0.3, -0.25) is 14.5 Å². The molecule has 0 aliphatic carbocycles. The zero-order valence-corrected chi connectivity index (χ0v) is 14.3. The van der Waals surface area contributed by atoms with Crippen LogP contribution < -0.4 is 19.1 Å². The van der Waals surface area contributed by atoms with Crippen LogP contribution in [0.4, 0.5) is 5.69 Å². The number of fused-ring (bicyclic) bond motifs is 1. The minimum absolute atomic E-state index is 0.165. The van der Waals surface area contributed by atoms with Crippen LogP contribution in [-0.2, 0) is 14.3 Å². The van der Waals surface area contributed by atoms with Crippen LogP contribution in [0.5, 0.6) is 17.2 Å². The summed E-state index contributed by atoms with van der Waals surface area (Å²) in [6.45, 7) is 1.46. The van der Waals surface area contributed by atoms with E-state index in [9.17, 15) is 9.59 Å². The SMILES string of the molecule is COc1ccc(N2C(=O)[C@@H](OC(C)=O)[C@H]2c2ccc3c(c2)OCO3)cc1. The Labute approximate surface area is 150 Å². The number of carbonyl (C=O) groups is 2. The molecule has 0 saturated carbocycles. The predicted octanol–water partition coefficient (Wildman–Crippen LogP) is 2.44. The van der Waals surface area contributed by atoms with Gasteiger partial charge in [-0.15, -0.1) is 0 Å². The lowest BCUT2D eigenvalue weighted by Gasteiger charge is -2.46. The summed E-state index contributed by atoms with van der Waals surface area (Å²) in [6, 6.07) is 12.1. The van der Waals surface area contributed by atoms with Crippen LogP contribution in [0.2, 0.25) is 0 Å². The third-order valence-electron chi connectivity index (χ3n) is 4.43. The Bertz CT molecular complexity index is 863. The lowest BCUT2D eigenvalue weighted by Crippen LogP contribution is -2.60. The van der Waals surface area contributed by atoms with Gasteiger partial charge in [-0.1, -0.05) is 6.07 Å². The number of nitrogens with zero attached hydrogens (tertiary/aromatic N) is 1. The zero-order valence-electron chi connectivity index (χ0n) is 14.3. The fraction of sp³-hybridized carbons (Fsp3) is 0.263. The molecule has 134 valence electrons. The first-order chi connectivity index (χ1) is 12.6. The summed E-state index contributed by atoms with van der Waals surface area (Å²) in [5.41, 5.74) is 1.50. The Morgan fingerprint density at radius 2 is 1.85 bits per heavy atom. The predicted molar refractivity (Wildman–Crippen MR) is 91.3 cm³/mol. The topological polar surface area (TPSA) is 74.3 Å². The molecule has 1 amide bonds. The summed E-state index contributed by atoms with van der Waals surface area (Å²) in [6.07, 6.45) is -0.866. The van der Waals surface area contributed by atoms with Crippen molar-refractivity contribution in [1.82, 2.24) is 0 Å². The monoisotopic (exact) mass is 355 g/mol. The smallest absolute Gasteiger partial charge is 0.303 e. The number of benzene rings is 2. The van der Waals surface area contributed by atoms with Crippen molar-refractivity contribution in [2.45, 2.75) is 19.1 Å². The molecule has 2 aliphatic rings. The third-order valence-corrected chi connectivity index (χ3v) is 4.43. The Balaban J connectivity index is 1.70. The molecule has 0 radical (unpaired) electrons. The summed E-state index contributed by atoms with van der Waals surface area (Å²) < 4.78 is 21.2. The number of β-lactam (4-membered cyclic amide) rings is 1. The average Bonchev–Trinajstić information content (AvgIpc) is 3.11. The Hall–Kier alpha value is -3.22. The molecule has 0 bridgehead atoms. The van der Waals surface area contributed by atoms with Crippen molar-refractivity contribution >= 4 is 17.6 Å². The molecule has 0 aromatic heterocycles. The molecule has 2 aromatic rings. The number of esters is 1. The van der Waals surface area contributed by atoms with Gasteiger partial charge in [0.15, 0.2) is 11.5 Å². The molecule has 1 saturated heterocycles. The molecule has 2 atom stereocenters. The number of hydrogen-bond donors (Lipinski definition) is 0. The number of amides is 1. The summed E-state index contributed by atoms with van der Waals surface area (Å²) in [7, 11) is 1.58. The van der Waals surface area contributed by atoms with Gasteiger partial charge in [0.1, 0.15) is 11.8 Å². The molecule has 2 heterocycles. The summed E-state index contributed by atoms with van der Waals surface area (Å²) in [5.74, 6) is 1.19. The van der Waals surface area contributed by atoms with E-state index in [0.29, 0.717) is 22.9 Å². The van der Waals surface area contributed by atoms with Gasteiger partial charge in [-0.2, -0.15) is 0 Å². The Morgan fingerprint density at radius 1 is 1.12 bits per heavy atom. The van der Waals surface area contributed by atoms with E-state index >= 15 is 0 Å². The van der Waals surface area contributed by atoms with Crippen molar-refractivity contribution in [3.63, 3.8) is 0 Å². The van der Waals surface area contributed by atoms with E-state index in [2.05, 4.69) is 0 Å². The van der Waals surface area contributed by atoms with Crippen LogP contribution in [-0.4, -0.2) is 31.9 Å². The van der Waals surface area contributed by atoms with Crippen LogP contribution in [0.3, 0.4) is 0 Å². The summed E-state index contributed by atoms with van der Waals surface area (Å²) >= 11 is 0. The molecule has 0 spiro atoms. The van der Waals surface area contributed by atoms with Gasteiger partial charge in [0.25, 0.3) is 5.91 Å². The first-order valence-electron chi connectivity index (χ1n) is 8.12. The second-order valence-electron chi connectivity index (χ2n) is 5.99. The fourth-order valence-electron chi connectivity index (χ4n) is 3.21. The van der Waals surface area contributed by atoms with Crippen LogP contribution in [0, 0.1) is 0 Å². The molecule has 7 heteroatoms. The van der Waals surface area contributed by atoms with E-state index in [1.807, 2.05) is 12.1 Å². The largest absolute Gasteiger partial charge is 0.497 e. The van der Waals surface area contributed by atoms with Crippen molar-refractivity contribution in [1.29, 1.82) is 0 Å². The van der Waals surface area contributed by atoms with E-state index in [0.717, 1.165) is 5.56 Å². The third kappa shape index (κ3) is 2.61. The normalized spacial score (nSPS) is 20.5. The molecule has 2 aliphatic heterocycles. The van der Waals surface area contributed by atoms with Crippen molar-refractivity contribution < 1.29 is 28.5 Å². The first kappa shape index (κ1) is 16.3. The molecule has 1 fully saturated rings.